The Labute approximate surface area is 165 Å². The first-order valence-electron chi connectivity index (χ1n) is 8.78. The van der Waals surface area contributed by atoms with Crippen LogP contribution >= 0.6 is 11.6 Å². The Hall–Kier alpha value is -3.00. The zero-order valence-corrected chi connectivity index (χ0v) is 15.9. The molecule has 0 N–H and O–H groups in total. The lowest BCUT2D eigenvalue weighted by Gasteiger charge is -2.35. The Morgan fingerprint density at radius 2 is 1.96 bits per heavy atom. The molecule has 0 aliphatic carbocycles. The second-order valence-corrected chi connectivity index (χ2v) is 6.83. The number of nitrogens with zero attached hydrogens (tertiary/aromatic N) is 5. The van der Waals surface area contributed by atoms with Crippen molar-refractivity contribution < 1.29 is 13.7 Å². The Morgan fingerprint density at radius 1 is 1.18 bits per heavy atom. The Bertz CT molecular complexity index is 980. The Balaban J connectivity index is 1.42. The van der Waals surface area contributed by atoms with Gasteiger partial charge in [0.15, 0.2) is 0 Å². The number of aryl methyl sites for hydroxylation is 1. The number of aromatic nitrogens is 3. The standard InChI is InChI=1S/C19H17ClFN5O2/c1-12-23-18(24-28-12)13-5-6-16(22-11-13)25-7-9-26(10-8-25)19(27)17-14(20)3-2-4-15(17)21/h2-6,11H,7-10H2,1H3. The predicted molar refractivity (Wildman–Crippen MR) is 102 cm³/mol. The van der Waals surface area contributed by atoms with E-state index < -0.39 is 11.7 Å². The van der Waals surface area contributed by atoms with Crippen LogP contribution in [0.2, 0.25) is 5.02 Å². The number of halogens is 2. The number of carbonyl (C=O) groups excluding carboxylic acids is 1. The van der Waals surface area contributed by atoms with E-state index in [0.29, 0.717) is 37.9 Å². The summed E-state index contributed by atoms with van der Waals surface area (Å²) in [5.74, 6) is 0.788. The third-order valence-electron chi connectivity index (χ3n) is 4.60. The Morgan fingerprint density at radius 3 is 2.57 bits per heavy atom. The molecule has 1 saturated heterocycles. The van der Waals surface area contributed by atoms with Gasteiger partial charge in [-0.3, -0.25) is 4.79 Å². The molecule has 2 aromatic heterocycles. The fourth-order valence-corrected chi connectivity index (χ4v) is 3.36. The molecule has 144 valence electrons. The molecule has 7 nitrogen and oxygen atoms in total. The fourth-order valence-electron chi connectivity index (χ4n) is 3.12. The maximum absolute atomic E-state index is 14.0. The molecule has 1 aromatic carbocycles. The lowest BCUT2D eigenvalue weighted by molar-refractivity contribution is 0.0742. The first-order valence-corrected chi connectivity index (χ1v) is 9.15. The highest BCUT2D eigenvalue weighted by atomic mass is 35.5. The van der Waals surface area contributed by atoms with Gasteiger partial charge in [0.25, 0.3) is 5.91 Å². The van der Waals surface area contributed by atoms with Crippen molar-refractivity contribution in [2.45, 2.75) is 6.92 Å². The van der Waals surface area contributed by atoms with E-state index in [4.69, 9.17) is 16.1 Å². The average Bonchev–Trinajstić information content (AvgIpc) is 3.14. The third-order valence-corrected chi connectivity index (χ3v) is 4.92. The first kappa shape index (κ1) is 18.4. The zero-order valence-electron chi connectivity index (χ0n) is 15.1. The molecule has 3 aromatic rings. The van der Waals surface area contributed by atoms with E-state index in [1.165, 1.54) is 18.2 Å². The number of carbonyl (C=O) groups is 1. The van der Waals surface area contributed by atoms with Crippen molar-refractivity contribution in [1.29, 1.82) is 0 Å². The second-order valence-electron chi connectivity index (χ2n) is 6.42. The number of amides is 1. The highest BCUT2D eigenvalue weighted by Gasteiger charge is 2.26. The van der Waals surface area contributed by atoms with Gasteiger partial charge in [-0.05, 0) is 24.3 Å². The number of hydrogen-bond donors (Lipinski definition) is 0. The van der Waals surface area contributed by atoms with E-state index in [9.17, 15) is 9.18 Å². The minimum absolute atomic E-state index is 0.0736. The maximum atomic E-state index is 14.0. The van der Waals surface area contributed by atoms with Gasteiger partial charge >= 0.3 is 0 Å². The minimum Gasteiger partial charge on any atom is -0.353 e. The molecule has 0 atom stereocenters. The smallest absolute Gasteiger partial charge is 0.258 e. The lowest BCUT2D eigenvalue weighted by Crippen LogP contribution is -2.49. The average molecular weight is 402 g/mol. The van der Waals surface area contributed by atoms with Gasteiger partial charge in [-0.1, -0.05) is 22.8 Å². The number of benzene rings is 1. The monoisotopic (exact) mass is 401 g/mol. The summed E-state index contributed by atoms with van der Waals surface area (Å²) in [6, 6.07) is 8.00. The maximum Gasteiger partial charge on any atom is 0.258 e. The van der Waals surface area contributed by atoms with E-state index in [2.05, 4.69) is 20.0 Å². The van der Waals surface area contributed by atoms with Crippen molar-refractivity contribution in [3.63, 3.8) is 0 Å². The van der Waals surface area contributed by atoms with Gasteiger partial charge in [0.1, 0.15) is 11.6 Å². The van der Waals surface area contributed by atoms with E-state index in [0.717, 1.165) is 11.4 Å². The molecule has 1 aliphatic heterocycles. The molecule has 1 fully saturated rings. The van der Waals surface area contributed by atoms with Crippen LogP contribution in [0.5, 0.6) is 0 Å². The van der Waals surface area contributed by atoms with E-state index in [1.54, 1.807) is 18.0 Å². The van der Waals surface area contributed by atoms with Gasteiger partial charge in [-0.2, -0.15) is 4.98 Å². The number of piperazine rings is 1. The van der Waals surface area contributed by atoms with Crippen LogP contribution in [0.4, 0.5) is 10.2 Å². The van der Waals surface area contributed by atoms with E-state index in [-0.39, 0.29) is 10.6 Å². The van der Waals surface area contributed by atoms with Crippen molar-refractivity contribution in [3.8, 4) is 11.4 Å². The summed E-state index contributed by atoms with van der Waals surface area (Å²) in [6.45, 7) is 3.82. The summed E-state index contributed by atoms with van der Waals surface area (Å²) >= 11 is 6.01. The fraction of sp³-hybridized carbons (Fsp3) is 0.263. The van der Waals surface area contributed by atoms with Crippen LogP contribution in [0.3, 0.4) is 0 Å². The first-order chi connectivity index (χ1) is 13.5. The van der Waals surface area contributed by atoms with Gasteiger partial charge in [-0.15, -0.1) is 0 Å². The van der Waals surface area contributed by atoms with Crippen LogP contribution in [-0.4, -0.2) is 52.1 Å². The highest BCUT2D eigenvalue weighted by Crippen LogP contribution is 2.23. The molecule has 3 heterocycles. The van der Waals surface area contributed by atoms with Crippen molar-refractivity contribution in [3.05, 3.63) is 58.8 Å². The van der Waals surface area contributed by atoms with Crippen molar-refractivity contribution in [2.75, 3.05) is 31.1 Å². The molecule has 0 saturated carbocycles. The van der Waals surface area contributed by atoms with Gasteiger partial charge < -0.3 is 14.3 Å². The third kappa shape index (κ3) is 3.55. The second kappa shape index (κ2) is 7.55. The summed E-state index contributed by atoms with van der Waals surface area (Å²) in [6.07, 6.45) is 1.69. The number of anilines is 1. The van der Waals surface area contributed by atoms with Crippen LogP contribution in [0.25, 0.3) is 11.4 Å². The zero-order chi connectivity index (χ0) is 19.7. The molecule has 4 rings (SSSR count). The largest absolute Gasteiger partial charge is 0.353 e. The minimum atomic E-state index is -0.603. The SMILES string of the molecule is Cc1nc(-c2ccc(N3CCN(C(=O)c4c(F)cccc4Cl)CC3)nc2)no1. The van der Waals surface area contributed by atoms with Gasteiger partial charge in [0, 0.05) is 44.9 Å². The summed E-state index contributed by atoms with van der Waals surface area (Å²) in [5.41, 5.74) is 0.694. The van der Waals surface area contributed by atoms with Gasteiger partial charge in [0.05, 0.1) is 10.6 Å². The molecular formula is C19H17ClFN5O2. The Kier molecular flexibility index (Phi) is 4.95. The molecule has 0 bridgehead atoms. The van der Waals surface area contributed by atoms with E-state index in [1.807, 2.05) is 12.1 Å². The molecule has 0 spiro atoms. The molecule has 0 unspecified atom stereocenters. The predicted octanol–water partition coefficient (Wildman–Crippen LogP) is 3.19. The lowest BCUT2D eigenvalue weighted by atomic mass is 10.1. The van der Waals surface area contributed by atoms with Crippen LogP contribution < -0.4 is 4.90 Å². The summed E-state index contributed by atoms with van der Waals surface area (Å²) in [5, 5.41) is 4.00. The molecule has 1 aliphatic rings. The molecule has 28 heavy (non-hydrogen) atoms. The molecular weight excluding hydrogens is 385 g/mol. The van der Waals surface area contributed by atoms with Crippen LogP contribution in [0.15, 0.2) is 41.1 Å². The molecule has 1 amide bonds. The quantitative estimate of drug-likeness (QED) is 0.671. The molecule has 9 heteroatoms. The van der Waals surface area contributed by atoms with Gasteiger partial charge in [-0.25, -0.2) is 9.37 Å². The van der Waals surface area contributed by atoms with Crippen molar-refractivity contribution in [2.24, 2.45) is 0 Å². The van der Waals surface area contributed by atoms with Crippen LogP contribution in [0.1, 0.15) is 16.2 Å². The topological polar surface area (TPSA) is 75.4 Å². The van der Waals surface area contributed by atoms with Crippen LogP contribution in [-0.2, 0) is 0 Å². The van der Waals surface area contributed by atoms with Gasteiger partial charge in [0.2, 0.25) is 11.7 Å². The van der Waals surface area contributed by atoms with E-state index >= 15 is 0 Å². The summed E-state index contributed by atoms with van der Waals surface area (Å²) in [7, 11) is 0. The molecule has 0 radical (unpaired) electrons. The highest BCUT2D eigenvalue weighted by molar-refractivity contribution is 6.33. The number of pyridine rings is 1. The normalized spacial score (nSPS) is 14.4. The number of rotatable bonds is 3. The van der Waals surface area contributed by atoms with Crippen molar-refractivity contribution >= 4 is 23.3 Å². The van der Waals surface area contributed by atoms with Crippen LogP contribution in [0, 0.1) is 12.7 Å². The number of hydrogen-bond acceptors (Lipinski definition) is 6. The summed E-state index contributed by atoms with van der Waals surface area (Å²) < 4.78 is 19.0. The summed E-state index contributed by atoms with van der Waals surface area (Å²) in [4.78, 5) is 25.0. The van der Waals surface area contributed by atoms with Crippen molar-refractivity contribution in [1.82, 2.24) is 20.0 Å².